The van der Waals surface area contributed by atoms with Gasteiger partial charge in [0.05, 0.1) is 19.1 Å². The molecule has 0 aliphatic carbocycles. The molecule has 3 N–H and O–H groups in total. The second-order valence-corrected chi connectivity index (χ2v) is 7.32. The van der Waals surface area contributed by atoms with Gasteiger partial charge in [0.15, 0.2) is 0 Å². The van der Waals surface area contributed by atoms with Crippen LogP contribution in [0.5, 0.6) is 0 Å². The molecule has 6 heteroatoms. The molecule has 144 valence electrons. The number of carbonyl (C=O) groups is 3. The summed E-state index contributed by atoms with van der Waals surface area (Å²) in [6, 6.07) is 8.19. The largest absolute Gasteiger partial charge is 0.348 e. The van der Waals surface area contributed by atoms with E-state index >= 15 is 0 Å². The summed E-state index contributed by atoms with van der Waals surface area (Å²) in [5.74, 6) is -0.126. The van der Waals surface area contributed by atoms with Crippen LogP contribution in [0.1, 0.15) is 51.8 Å². The lowest BCUT2D eigenvalue weighted by Gasteiger charge is -2.23. The lowest BCUT2D eigenvalue weighted by molar-refractivity contribution is -0.127. The first kappa shape index (κ1) is 21.7. The van der Waals surface area contributed by atoms with Crippen molar-refractivity contribution < 1.29 is 14.4 Å². The fraction of sp³-hybridized carbons (Fsp3) is 0.550. The normalized spacial score (nSPS) is 12.0. The van der Waals surface area contributed by atoms with Crippen molar-refractivity contribution in [1.82, 2.24) is 16.0 Å². The van der Waals surface area contributed by atoms with Gasteiger partial charge in [0, 0.05) is 6.92 Å². The highest BCUT2D eigenvalue weighted by molar-refractivity contribution is 5.87. The molecule has 1 aromatic rings. The molecular weight excluding hydrogens is 330 g/mol. The van der Waals surface area contributed by atoms with Gasteiger partial charge in [0.2, 0.25) is 17.7 Å². The minimum atomic E-state index is -0.394. The van der Waals surface area contributed by atoms with Gasteiger partial charge in [0.1, 0.15) is 0 Å². The maximum Gasteiger partial charge on any atom is 0.239 e. The van der Waals surface area contributed by atoms with Crippen molar-refractivity contribution >= 4 is 17.7 Å². The van der Waals surface area contributed by atoms with Gasteiger partial charge in [-0.15, -0.1) is 0 Å². The molecule has 26 heavy (non-hydrogen) atoms. The fourth-order valence-electron chi connectivity index (χ4n) is 2.64. The summed E-state index contributed by atoms with van der Waals surface area (Å²) in [7, 11) is 0. The van der Waals surface area contributed by atoms with E-state index in [2.05, 4.69) is 54.1 Å². The Balaban J connectivity index is 2.60. The Morgan fingerprint density at radius 2 is 1.46 bits per heavy atom. The molecule has 0 heterocycles. The lowest BCUT2D eigenvalue weighted by atomic mass is 9.93. The van der Waals surface area contributed by atoms with Crippen molar-refractivity contribution in [1.29, 1.82) is 0 Å². The van der Waals surface area contributed by atoms with Gasteiger partial charge >= 0.3 is 0 Å². The quantitative estimate of drug-likeness (QED) is 0.628. The molecule has 0 aliphatic heterocycles. The number of hydrogen-bond acceptors (Lipinski definition) is 3. The first-order chi connectivity index (χ1) is 12.2. The van der Waals surface area contributed by atoms with Gasteiger partial charge in [-0.05, 0) is 29.4 Å². The molecule has 0 aliphatic rings. The Morgan fingerprint density at radius 3 is 1.96 bits per heavy atom. The van der Waals surface area contributed by atoms with Crippen LogP contribution in [-0.4, -0.2) is 30.8 Å². The van der Waals surface area contributed by atoms with Crippen LogP contribution in [0.15, 0.2) is 24.3 Å². The molecule has 0 saturated carbocycles. The van der Waals surface area contributed by atoms with E-state index in [9.17, 15) is 14.4 Å². The Labute approximate surface area is 156 Å². The highest BCUT2D eigenvalue weighted by Crippen LogP contribution is 2.22. The third kappa shape index (κ3) is 8.14. The van der Waals surface area contributed by atoms with Gasteiger partial charge < -0.3 is 16.0 Å². The second kappa shape index (κ2) is 10.6. The van der Waals surface area contributed by atoms with Crippen molar-refractivity contribution in [3.8, 4) is 0 Å². The van der Waals surface area contributed by atoms with E-state index in [1.165, 1.54) is 12.5 Å². The zero-order valence-electron chi connectivity index (χ0n) is 16.4. The third-order valence-corrected chi connectivity index (χ3v) is 3.91. The summed E-state index contributed by atoms with van der Waals surface area (Å²) in [6.07, 6.45) is 1.03. The van der Waals surface area contributed by atoms with Gasteiger partial charge in [0.25, 0.3) is 0 Å². The summed E-state index contributed by atoms with van der Waals surface area (Å²) in [4.78, 5) is 34.5. The van der Waals surface area contributed by atoms with Gasteiger partial charge in [-0.3, -0.25) is 14.4 Å². The highest BCUT2D eigenvalue weighted by Gasteiger charge is 2.18. The summed E-state index contributed by atoms with van der Waals surface area (Å²) in [6.45, 7) is 9.54. The number of carbonyl (C=O) groups excluding carboxylic acids is 3. The topological polar surface area (TPSA) is 87.3 Å². The molecule has 6 nitrogen and oxygen atoms in total. The molecule has 1 rings (SSSR count). The highest BCUT2D eigenvalue weighted by atomic mass is 16.2. The molecule has 3 amide bonds. The summed E-state index contributed by atoms with van der Waals surface area (Å²) < 4.78 is 0. The van der Waals surface area contributed by atoms with Crippen LogP contribution in [0.2, 0.25) is 0 Å². The summed E-state index contributed by atoms with van der Waals surface area (Å²) in [5, 5.41) is 7.86. The molecular formula is C20H31N3O3. The van der Waals surface area contributed by atoms with E-state index in [1.807, 2.05) is 13.8 Å². The van der Waals surface area contributed by atoms with Crippen LogP contribution in [0.3, 0.4) is 0 Å². The number of hydrogen-bond donors (Lipinski definition) is 3. The maximum absolute atomic E-state index is 12.2. The number of nitrogens with one attached hydrogen (secondary N) is 3. The van der Waals surface area contributed by atoms with Crippen molar-refractivity contribution in [2.45, 2.75) is 47.1 Å². The van der Waals surface area contributed by atoms with Crippen LogP contribution in [-0.2, 0) is 20.8 Å². The zero-order chi connectivity index (χ0) is 19.7. The van der Waals surface area contributed by atoms with E-state index < -0.39 is 5.91 Å². The van der Waals surface area contributed by atoms with E-state index in [-0.39, 0.29) is 36.9 Å². The molecule has 0 saturated heterocycles. The van der Waals surface area contributed by atoms with Gasteiger partial charge in [-0.1, -0.05) is 52.0 Å². The molecule has 0 bridgehead atoms. The van der Waals surface area contributed by atoms with Gasteiger partial charge in [-0.2, -0.15) is 0 Å². The average molecular weight is 361 g/mol. The Hall–Kier alpha value is -2.37. The van der Waals surface area contributed by atoms with E-state index in [0.717, 1.165) is 12.0 Å². The Kier molecular flexibility index (Phi) is 8.82. The Morgan fingerprint density at radius 1 is 0.885 bits per heavy atom. The standard InChI is InChI=1S/C20H31N3O3/c1-13(2)10-16-6-8-17(9-7-16)20(14(3)4)23-19(26)12-22-18(25)11-21-15(5)24/h6-9,13-14,20H,10-12H2,1-5H3,(H,21,24)(H,22,25)(H,23,26)/t20-/m0/s1. The molecule has 0 fully saturated rings. The second-order valence-electron chi connectivity index (χ2n) is 7.32. The van der Waals surface area contributed by atoms with E-state index in [0.29, 0.717) is 5.92 Å². The predicted molar refractivity (Wildman–Crippen MR) is 102 cm³/mol. The third-order valence-electron chi connectivity index (χ3n) is 3.91. The molecule has 0 aromatic heterocycles. The van der Waals surface area contributed by atoms with Crippen molar-refractivity contribution in [3.05, 3.63) is 35.4 Å². The predicted octanol–water partition coefficient (Wildman–Crippen LogP) is 1.95. The fourth-order valence-corrected chi connectivity index (χ4v) is 2.64. The van der Waals surface area contributed by atoms with Crippen molar-refractivity contribution in [3.63, 3.8) is 0 Å². The van der Waals surface area contributed by atoms with E-state index in [4.69, 9.17) is 0 Å². The smallest absolute Gasteiger partial charge is 0.239 e. The van der Waals surface area contributed by atoms with Crippen molar-refractivity contribution in [2.75, 3.05) is 13.1 Å². The monoisotopic (exact) mass is 361 g/mol. The van der Waals surface area contributed by atoms with Crippen molar-refractivity contribution in [2.24, 2.45) is 11.8 Å². The SMILES string of the molecule is CC(=O)NCC(=O)NCC(=O)N[C@H](c1ccc(CC(C)C)cc1)C(C)C. The molecule has 1 aromatic carbocycles. The maximum atomic E-state index is 12.2. The van der Waals surface area contributed by atoms with Crippen LogP contribution in [0, 0.1) is 11.8 Å². The lowest BCUT2D eigenvalue weighted by Crippen LogP contribution is -2.43. The molecule has 0 radical (unpaired) electrons. The molecule has 1 atom stereocenters. The minimum Gasteiger partial charge on any atom is -0.348 e. The minimum absolute atomic E-state index is 0.118. The first-order valence-corrected chi connectivity index (χ1v) is 9.08. The number of rotatable bonds is 9. The summed E-state index contributed by atoms with van der Waals surface area (Å²) in [5.41, 5.74) is 2.33. The molecule has 0 spiro atoms. The average Bonchev–Trinajstić information content (AvgIpc) is 2.56. The van der Waals surface area contributed by atoms with Gasteiger partial charge in [-0.25, -0.2) is 0 Å². The Bertz CT molecular complexity index is 609. The van der Waals surface area contributed by atoms with Crippen LogP contribution in [0.4, 0.5) is 0 Å². The van der Waals surface area contributed by atoms with Crippen LogP contribution >= 0.6 is 0 Å². The first-order valence-electron chi connectivity index (χ1n) is 9.08. The summed E-state index contributed by atoms with van der Waals surface area (Å²) >= 11 is 0. The molecule has 0 unspecified atom stereocenters. The number of amides is 3. The van der Waals surface area contributed by atoms with Crippen LogP contribution in [0.25, 0.3) is 0 Å². The van der Waals surface area contributed by atoms with E-state index in [1.54, 1.807) is 0 Å². The zero-order valence-corrected chi connectivity index (χ0v) is 16.4. The number of benzene rings is 1. The van der Waals surface area contributed by atoms with Crippen LogP contribution < -0.4 is 16.0 Å².